The molecule has 70 heavy (non-hydrogen) atoms. The van der Waals surface area contributed by atoms with Gasteiger partial charge < -0.3 is 9.47 Å². The Morgan fingerprint density at radius 1 is 0.343 bits per heavy atom. The summed E-state index contributed by atoms with van der Waals surface area (Å²) in [5.41, 5.74) is 18.8. The molecule has 0 aliphatic heterocycles. The van der Waals surface area contributed by atoms with Gasteiger partial charge in [-0.25, -0.2) is 0 Å². The smallest absolute Gasteiger partial charge is 0.0714 e. The maximum Gasteiger partial charge on any atom is 0.0714 e. The lowest BCUT2D eigenvalue weighted by Gasteiger charge is -2.35. The second-order valence-electron chi connectivity index (χ2n) is 18.4. The van der Waals surface area contributed by atoms with Gasteiger partial charge in [-0.1, -0.05) is 206 Å². The minimum absolute atomic E-state index is 0.507. The lowest BCUT2D eigenvalue weighted by Crippen LogP contribution is -2.28. The predicted molar refractivity (Wildman–Crippen MR) is 297 cm³/mol. The molecular weight excluding hydrogens is 865 g/mol. The van der Waals surface area contributed by atoms with Gasteiger partial charge in [-0.3, -0.25) is 0 Å². The quantitative estimate of drug-likeness (QED) is 0.147. The van der Waals surface area contributed by atoms with Crippen LogP contribution in [-0.2, 0) is 5.41 Å². The zero-order valence-corrected chi connectivity index (χ0v) is 39.0. The molecule has 0 saturated carbocycles. The van der Waals surface area contributed by atoms with E-state index in [9.17, 15) is 0 Å². The monoisotopic (exact) mass is 908 g/mol. The Balaban J connectivity index is 0.883. The first-order valence-corrected chi connectivity index (χ1v) is 24.9. The van der Waals surface area contributed by atoms with Crippen LogP contribution in [0.2, 0.25) is 0 Å². The van der Waals surface area contributed by atoms with E-state index in [2.05, 4.69) is 276 Å². The summed E-state index contributed by atoms with van der Waals surface area (Å²) in [5, 5.41) is 5.12. The Kier molecular flexibility index (Phi) is 9.33. The highest BCUT2D eigenvalue weighted by Crippen LogP contribution is 2.57. The summed E-state index contributed by atoms with van der Waals surface area (Å²) in [6.07, 6.45) is 0. The number of fused-ring (bicyclic) bond motifs is 9. The number of anilines is 3. The van der Waals surface area contributed by atoms with Gasteiger partial charge in [-0.05, 0) is 111 Å². The van der Waals surface area contributed by atoms with E-state index in [1.165, 1.54) is 92.2 Å². The first-order chi connectivity index (χ1) is 34.7. The van der Waals surface area contributed by atoms with Crippen LogP contribution in [0.1, 0.15) is 22.3 Å². The van der Waals surface area contributed by atoms with Crippen molar-refractivity contribution in [3.8, 4) is 39.1 Å². The molecule has 2 heterocycles. The Morgan fingerprint density at radius 2 is 0.929 bits per heavy atom. The average Bonchev–Trinajstić information content (AvgIpc) is 4.08. The van der Waals surface area contributed by atoms with Crippen LogP contribution in [0.15, 0.2) is 267 Å². The molecule has 328 valence electrons. The first-order valence-electron chi connectivity index (χ1n) is 24.1. The fourth-order valence-electron chi connectivity index (χ4n) is 11.7. The van der Waals surface area contributed by atoms with Crippen LogP contribution in [0.5, 0.6) is 0 Å². The molecule has 0 unspecified atom stereocenters. The maximum atomic E-state index is 2.47. The fourth-order valence-corrected chi connectivity index (χ4v) is 12.9. The van der Waals surface area contributed by atoms with E-state index in [4.69, 9.17) is 0 Å². The van der Waals surface area contributed by atoms with Gasteiger partial charge >= 0.3 is 0 Å². The van der Waals surface area contributed by atoms with E-state index in [1.807, 2.05) is 11.3 Å². The molecule has 0 spiro atoms. The van der Waals surface area contributed by atoms with Crippen molar-refractivity contribution in [1.29, 1.82) is 0 Å². The summed E-state index contributed by atoms with van der Waals surface area (Å²) in [7, 11) is 0. The first kappa shape index (κ1) is 40.3. The van der Waals surface area contributed by atoms with E-state index >= 15 is 0 Å². The lowest BCUT2D eigenvalue weighted by molar-refractivity contribution is 0.768. The van der Waals surface area contributed by atoms with Crippen LogP contribution in [-0.4, -0.2) is 4.57 Å². The number of nitrogens with zero attached hydrogens (tertiary/aromatic N) is 2. The lowest BCUT2D eigenvalue weighted by atomic mass is 9.67. The third kappa shape index (κ3) is 6.12. The van der Waals surface area contributed by atoms with E-state index in [1.54, 1.807) is 0 Å². The Hall–Kier alpha value is -8.76. The second kappa shape index (κ2) is 16.2. The fraction of sp³-hybridized carbons (Fsp3) is 0.0149. The number of aromatic nitrogens is 1. The predicted octanol–water partition coefficient (Wildman–Crippen LogP) is 18.3. The zero-order valence-electron chi connectivity index (χ0n) is 38.2. The van der Waals surface area contributed by atoms with Crippen molar-refractivity contribution in [3.05, 3.63) is 289 Å². The number of thiophene rings is 1. The third-order valence-corrected chi connectivity index (χ3v) is 15.9. The molecule has 0 fully saturated rings. The normalized spacial score (nSPS) is 12.7. The highest BCUT2D eigenvalue weighted by molar-refractivity contribution is 7.26. The Labute approximate surface area is 411 Å². The molecule has 0 radical (unpaired) electrons. The highest BCUT2D eigenvalue weighted by Gasteiger charge is 2.46. The summed E-state index contributed by atoms with van der Waals surface area (Å²) >= 11 is 1.88. The largest absolute Gasteiger partial charge is 0.310 e. The number of hydrogen-bond acceptors (Lipinski definition) is 2. The van der Waals surface area contributed by atoms with Crippen LogP contribution < -0.4 is 4.90 Å². The Bertz CT molecular complexity index is 4070. The van der Waals surface area contributed by atoms with Crippen LogP contribution in [0.25, 0.3) is 81.0 Å². The molecule has 11 aromatic carbocycles. The summed E-state index contributed by atoms with van der Waals surface area (Å²) in [6.45, 7) is 0. The van der Waals surface area contributed by atoms with E-state index in [0.29, 0.717) is 0 Å². The topological polar surface area (TPSA) is 8.17 Å². The minimum atomic E-state index is -0.507. The van der Waals surface area contributed by atoms with E-state index < -0.39 is 5.41 Å². The van der Waals surface area contributed by atoms with Crippen LogP contribution in [0.4, 0.5) is 17.1 Å². The summed E-state index contributed by atoms with van der Waals surface area (Å²) in [4.78, 5) is 2.44. The average molecular weight is 909 g/mol. The molecule has 0 atom stereocenters. The van der Waals surface area contributed by atoms with Crippen LogP contribution in [0, 0.1) is 0 Å². The van der Waals surface area contributed by atoms with Crippen molar-refractivity contribution in [1.82, 2.24) is 4.57 Å². The van der Waals surface area contributed by atoms with Gasteiger partial charge in [0.25, 0.3) is 0 Å². The molecule has 0 N–H and O–H groups in total. The standard InChI is InChI=1S/C67H44N2S/c1-4-19-48(20-5-1)67(49-21-6-2-7-22-49)59-30-14-10-26-53(59)54-41-40-51(44-60(54)67)68(50-23-8-3-9-24-50)61-31-15-11-25-52(61)46-37-35-45(36-38-46)47-39-42-63-58(43-47)55-27-12-16-32-62(55)69(63)64-33-18-29-57-56-28-13-17-34-65(56)70-66(57)64/h1-44H. The van der Waals surface area contributed by atoms with Gasteiger partial charge in [-0.2, -0.15) is 0 Å². The molecule has 13 aromatic rings. The van der Waals surface area contributed by atoms with Gasteiger partial charge in [-0.15, -0.1) is 11.3 Å². The van der Waals surface area contributed by atoms with Gasteiger partial charge in [0.05, 0.1) is 32.5 Å². The molecule has 1 aliphatic rings. The van der Waals surface area contributed by atoms with Gasteiger partial charge in [0.2, 0.25) is 0 Å². The van der Waals surface area contributed by atoms with E-state index in [0.717, 1.165) is 28.2 Å². The van der Waals surface area contributed by atoms with Crippen LogP contribution in [0.3, 0.4) is 0 Å². The third-order valence-electron chi connectivity index (χ3n) is 14.7. The van der Waals surface area contributed by atoms with Crippen molar-refractivity contribution in [2.45, 2.75) is 5.41 Å². The molecule has 0 amide bonds. The summed E-state index contributed by atoms with van der Waals surface area (Å²) in [6, 6.07) is 98.4. The molecule has 0 bridgehead atoms. The molecule has 2 aromatic heterocycles. The van der Waals surface area contributed by atoms with E-state index in [-0.39, 0.29) is 0 Å². The number of rotatable bonds is 8. The second-order valence-corrected chi connectivity index (χ2v) is 19.4. The number of para-hydroxylation sites is 3. The molecular formula is C67H44N2S. The molecule has 14 rings (SSSR count). The zero-order chi connectivity index (χ0) is 46.2. The van der Waals surface area contributed by atoms with Crippen molar-refractivity contribution >= 4 is 70.4 Å². The molecule has 2 nitrogen and oxygen atoms in total. The minimum Gasteiger partial charge on any atom is -0.310 e. The maximum absolute atomic E-state index is 2.47. The summed E-state index contributed by atoms with van der Waals surface area (Å²) in [5.74, 6) is 0. The summed E-state index contributed by atoms with van der Waals surface area (Å²) < 4.78 is 5.09. The van der Waals surface area contributed by atoms with Crippen molar-refractivity contribution in [2.75, 3.05) is 4.90 Å². The highest BCUT2D eigenvalue weighted by atomic mass is 32.1. The molecule has 0 saturated heterocycles. The van der Waals surface area contributed by atoms with Gasteiger partial charge in [0, 0.05) is 43.2 Å². The van der Waals surface area contributed by atoms with Gasteiger partial charge in [0.15, 0.2) is 0 Å². The van der Waals surface area contributed by atoms with Crippen molar-refractivity contribution in [3.63, 3.8) is 0 Å². The van der Waals surface area contributed by atoms with Gasteiger partial charge in [0.1, 0.15) is 0 Å². The number of benzene rings is 11. The molecule has 3 heteroatoms. The SMILES string of the molecule is c1ccc(N(c2ccc3c(c2)C(c2ccccc2)(c2ccccc2)c2ccccc2-3)c2ccccc2-c2ccc(-c3ccc4c(c3)c3ccccc3n4-c3cccc4c3sc3ccccc34)cc2)cc1. The van der Waals surface area contributed by atoms with Crippen molar-refractivity contribution in [2.24, 2.45) is 0 Å². The van der Waals surface area contributed by atoms with Crippen molar-refractivity contribution < 1.29 is 0 Å². The van der Waals surface area contributed by atoms with Crippen LogP contribution >= 0.6 is 11.3 Å². The number of hydrogen-bond donors (Lipinski definition) is 0. The Morgan fingerprint density at radius 3 is 1.71 bits per heavy atom. The molecule has 1 aliphatic carbocycles.